The lowest BCUT2D eigenvalue weighted by Gasteiger charge is -2.20. The van der Waals surface area contributed by atoms with Crippen LogP contribution < -0.4 is 4.74 Å². The fourth-order valence-corrected chi connectivity index (χ4v) is 2.36. The fourth-order valence-electron chi connectivity index (χ4n) is 2.36. The minimum Gasteiger partial charge on any atom is -0.493 e. The highest BCUT2D eigenvalue weighted by Crippen LogP contribution is 2.29. The van der Waals surface area contributed by atoms with Crippen LogP contribution in [0.2, 0.25) is 0 Å². The van der Waals surface area contributed by atoms with Crippen molar-refractivity contribution in [1.82, 2.24) is 14.7 Å². The molecule has 142 valence electrons. The normalized spacial score (nSPS) is 11.7. The molecule has 1 amide bonds. The van der Waals surface area contributed by atoms with Crippen molar-refractivity contribution in [1.29, 1.82) is 0 Å². The molecule has 2 rings (SSSR count). The topological polar surface area (TPSA) is 47.4 Å². The van der Waals surface area contributed by atoms with Gasteiger partial charge in [-0.3, -0.25) is 9.48 Å². The van der Waals surface area contributed by atoms with Gasteiger partial charge in [-0.2, -0.15) is 18.3 Å². The molecular weight excluding hydrogens is 347 g/mol. The molecule has 8 heteroatoms. The number of aromatic nitrogens is 2. The summed E-state index contributed by atoms with van der Waals surface area (Å²) in [6.07, 6.45) is -4.59. The van der Waals surface area contributed by atoms with E-state index in [2.05, 4.69) is 5.10 Å². The molecule has 1 heterocycles. The summed E-state index contributed by atoms with van der Waals surface area (Å²) in [5.41, 5.74) is -0.431. The summed E-state index contributed by atoms with van der Waals surface area (Å²) in [6, 6.07) is 8.05. The molecule has 0 fully saturated rings. The fraction of sp³-hybridized carbons (Fsp3) is 0.444. The van der Waals surface area contributed by atoms with Crippen LogP contribution in [0.5, 0.6) is 5.75 Å². The summed E-state index contributed by atoms with van der Waals surface area (Å²) in [7, 11) is 2.85. The number of nitrogens with zero attached hydrogens (tertiary/aromatic N) is 3. The smallest absolute Gasteiger partial charge is 0.435 e. The number of hydrogen-bond donors (Lipinski definition) is 0. The van der Waals surface area contributed by atoms with Crippen molar-refractivity contribution in [3.63, 3.8) is 0 Å². The van der Waals surface area contributed by atoms with Crippen LogP contribution in [0.3, 0.4) is 0 Å². The van der Waals surface area contributed by atoms with Crippen molar-refractivity contribution < 1.29 is 22.7 Å². The number of aryl methyl sites for hydroxylation is 1. The van der Waals surface area contributed by atoms with E-state index in [4.69, 9.17) is 4.74 Å². The molecule has 1 aromatic heterocycles. The van der Waals surface area contributed by atoms with Crippen molar-refractivity contribution >= 4 is 5.91 Å². The van der Waals surface area contributed by atoms with Crippen molar-refractivity contribution in [3.8, 4) is 5.75 Å². The van der Waals surface area contributed by atoms with E-state index in [1.807, 2.05) is 38.1 Å². The Hall–Kier alpha value is -2.51. The first-order chi connectivity index (χ1) is 12.1. The van der Waals surface area contributed by atoms with Gasteiger partial charge in [-0.25, -0.2) is 0 Å². The molecule has 26 heavy (non-hydrogen) atoms. The molecule has 0 N–H and O–H groups in total. The largest absolute Gasteiger partial charge is 0.493 e. The van der Waals surface area contributed by atoms with Crippen LogP contribution in [-0.4, -0.2) is 34.2 Å². The predicted molar refractivity (Wildman–Crippen MR) is 90.8 cm³/mol. The van der Waals surface area contributed by atoms with Crippen LogP contribution in [-0.2, 0) is 19.8 Å². The van der Waals surface area contributed by atoms with Crippen LogP contribution in [0.4, 0.5) is 13.2 Å². The van der Waals surface area contributed by atoms with Gasteiger partial charge in [0.25, 0.3) is 5.91 Å². The molecule has 0 radical (unpaired) electrons. The Morgan fingerprint density at radius 2 is 1.96 bits per heavy atom. The molecule has 0 spiro atoms. The maximum Gasteiger partial charge on any atom is 0.435 e. The van der Waals surface area contributed by atoms with E-state index in [1.165, 1.54) is 19.0 Å². The van der Waals surface area contributed by atoms with E-state index in [-0.39, 0.29) is 12.2 Å². The first-order valence-corrected chi connectivity index (χ1v) is 8.17. The molecule has 0 aliphatic rings. The lowest BCUT2D eigenvalue weighted by molar-refractivity contribution is -0.141. The Morgan fingerprint density at radius 3 is 2.54 bits per heavy atom. The maximum absolute atomic E-state index is 12.8. The monoisotopic (exact) mass is 369 g/mol. The zero-order valence-corrected chi connectivity index (χ0v) is 15.2. The van der Waals surface area contributed by atoms with Crippen LogP contribution in [0.15, 0.2) is 30.3 Å². The Morgan fingerprint density at radius 1 is 1.31 bits per heavy atom. The van der Waals surface area contributed by atoms with E-state index in [0.717, 1.165) is 16.3 Å². The van der Waals surface area contributed by atoms with Crippen LogP contribution in [0.1, 0.15) is 35.6 Å². The molecule has 1 aromatic carbocycles. The van der Waals surface area contributed by atoms with Gasteiger partial charge in [-0.1, -0.05) is 32.0 Å². The molecule has 0 aliphatic heterocycles. The molecular formula is C18H22F3N3O2. The predicted octanol–water partition coefficient (Wildman–Crippen LogP) is 3.75. The van der Waals surface area contributed by atoms with Crippen LogP contribution in [0.25, 0.3) is 0 Å². The number of amides is 1. The van der Waals surface area contributed by atoms with Gasteiger partial charge in [0.15, 0.2) is 5.69 Å². The third-order valence-corrected chi connectivity index (χ3v) is 3.69. The molecule has 0 aliphatic carbocycles. The van der Waals surface area contributed by atoms with Crippen molar-refractivity contribution in [3.05, 3.63) is 47.3 Å². The second-order valence-corrected chi connectivity index (χ2v) is 6.51. The lowest BCUT2D eigenvalue weighted by Crippen LogP contribution is -2.28. The SMILES string of the molecule is CC(C)COc1ccccc1CN(C)C(=O)c1cc(C(F)(F)F)nn1C. The van der Waals surface area contributed by atoms with Crippen molar-refractivity contribution in [2.45, 2.75) is 26.6 Å². The molecule has 2 aromatic rings. The number of hydrogen-bond acceptors (Lipinski definition) is 3. The maximum atomic E-state index is 12.8. The number of benzene rings is 1. The van der Waals surface area contributed by atoms with E-state index >= 15 is 0 Å². The minimum atomic E-state index is -4.59. The summed E-state index contributed by atoms with van der Waals surface area (Å²) >= 11 is 0. The van der Waals surface area contributed by atoms with Gasteiger partial charge in [0, 0.05) is 32.3 Å². The second kappa shape index (κ2) is 7.80. The van der Waals surface area contributed by atoms with E-state index in [1.54, 1.807) is 0 Å². The average molecular weight is 369 g/mol. The van der Waals surface area contributed by atoms with Gasteiger partial charge >= 0.3 is 6.18 Å². The van der Waals surface area contributed by atoms with Gasteiger partial charge in [0.2, 0.25) is 0 Å². The zero-order valence-electron chi connectivity index (χ0n) is 15.2. The first-order valence-electron chi connectivity index (χ1n) is 8.17. The Labute approximate surface area is 150 Å². The van der Waals surface area contributed by atoms with Crippen LogP contribution in [0, 0.1) is 5.92 Å². The number of carbonyl (C=O) groups is 1. The number of carbonyl (C=O) groups excluding carboxylic acids is 1. The molecule has 0 saturated heterocycles. The molecule has 5 nitrogen and oxygen atoms in total. The van der Waals surface area contributed by atoms with Crippen molar-refractivity contribution in [2.75, 3.05) is 13.7 Å². The first kappa shape index (κ1) is 19.8. The molecule has 0 unspecified atom stereocenters. The summed E-state index contributed by atoms with van der Waals surface area (Å²) in [5, 5.41) is 3.38. The van der Waals surface area contributed by atoms with Gasteiger partial charge in [0.05, 0.1) is 6.61 Å². The number of ether oxygens (including phenoxy) is 1. The van der Waals surface area contributed by atoms with E-state index in [0.29, 0.717) is 18.3 Å². The number of alkyl halides is 3. The number of para-hydroxylation sites is 1. The standard InChI is InChI=1S/C18H22F3N3O2/c1-12(2)11-26-15-8-6-5-7-13(15)10-23(3)17(25)14-9-16(18(19,20)21)22-24(14)4/h5-9,12H,10-11H2,1-4H3. The van der Waals surface area contributed by atoms with Crippen molar-refractivity contribution in [2.24, 2.45) is 13.0 Å². The van der Waals surface area contributed by atoms with Crippen LogP contribution >= 0.6 is 0 Å². The lowest BCUT2D eigenvalue weighted by atomic mass is 10.1. The highest BCUT2D eigenvalue weighted by Gasteiger charge is 2.35. The molecule has 0 bridgehead atoms. The van der Waals surface area contributed by atoms with Gasteiger partial charge in [-0.15, -0.1) is 0 Å². The number of halogens is 3. The highest BCUT2D eigenvalue weighted by molar-refractivity contribution is 5.92. The summed E-state index contributed by atoms with van der Waals surface area (Å²) in [6.45, 7) is 4.79. The summed E-state index contributed by atoms with van der Waals surface area (Å²) in [5.74, 6) is 0.452. The number of rotatable bonds is 6. The van der Waals surface area contributed by atoms with Gasteiger partial charge in [0.1, 0.15) is 11.4 Å². The second-order valence-electron chi connectivity index (χ2n) is 6.51. The summed E-state index contributed by atoms with van der Waals surface area (Å²) in [4.78, 5) is 13.9. The molecule has 0 saturated carbocycles. The quantitative estimate of drug-likeness (QED) is 0.779. The third kappa shape index (κ3) is 4.77. The third-order valence-electron chi connectivity index (χ3n) is 3.69. The highest BCUT2D eigenvalue weighted by atomic mass is 19.4. The Bertz CT molecular complexity index is 769. The Balaban J connectivity index is 2.17. The van der Waals surface area contributed by atoms with E-state index < -0.39 is 17.8 Å². The minimum absolute atomic E-state index is 0.125. The molecule has 0 atom stereocenters. The van der Waals surface area contributed by atoms with Gasteiger partial charge in [-0.05, 0) is 12.0 Å². The van der Waals surface area contributed by atoms with Gasteiger partial charge < -0.3 is 9.64 Å². The average Bonchev–Trinajstić information content (AvgIpc) is 2.95. The van der Waals surface area contributed by atoms with E-state index in [9.17, 15) is 18.0 Å². The Kier molecular flexibility index (Phi) is 5.94. The summed E-state index contributed by atoms with van der Waals surface area (Å²) < 4.78 is 45.0. The zero-order chi connectivity index (χ0) is 19.5.